The summed E-state index contributed by atoms with van der Waals surface area (Å²) in [6, 6.07) is 6.15. The number of benzene rings is 1. The second-order valence-corrected chi connectivity index (χ2v) is 4.51. The van der Waals surface area contributed by atoms with E-state index in [1.165, 1.54) is 5.56 Å². The van der Waals surface area contributed by atoms with Crippen molar-refractivity contribution in [2.24, 2.45) is 0 Å². The van der Waals surface area contributed by atoms with Crippen LogP contribution < -0.4 is 4.74 Å². The molecule has 0 heterocycles. The third-order valence-electron chi connectivity index (χ3n) is 2.63. The van der Waals surface area contributed by atoms with Crippen LogP contribution in [0.2, 0.25) is 0 Å². The SMILES string of the molecule is Cc1ccc(C)c(OCCCC(=O)N(C)C)c1. The quantitative estimate of drug-likeness (QED) is 0.734. The van der Waals surface area contributed by atoms with Crippen LogP contribution in [0.15, 0.2) is 18.2 Å². The fraction of sp³-hybridized carbons (Fsp3) is 0.500. The molecule has 0 fully saturated rings. The lowest BCUT2D eigenvalue weighted by Crippen LogP contribution is -2.21. The summed E-state index contributed by atoms with van der Waals surface area (Å²) in [6.45, 7) is 4.66. The third-order valence-corrected chi connectivity index (χ3v) is 2.63. The summed E-state index contributed by atoms with van der Waals surface area (Å²) in [5, 5.41) is 0. The Hall–Kier alpha value is -1.51. The summed E-state index contributed by atoms with van der Waals surface area (Å²) >= 11 is 0. The number of hydrogen-bond donors (Lipinski definition) is 0. The van der Waals surface area contributed by atoms with Gasteiger partial charge in [-0.2, -0.15) is 0 Å². The highest BCUT2D eigenvalue weighted by molar-refractivity contribution is 5.75. The number of carbonyl (C=O) groups excluding carboxylic acids is 1. The molecule has 0 aromatic heterocycles. The maximum Gasteiger partial charge on any atom is 0.222 e. The van der Waals surface area contributed by atoms with Crippen LogP contribution in [-0.2, 0) is 4.79 Å². The lowest BCUT2D eigenvalue weighted by Gasteiger charge is -2.12. The molecule has 0 aliphatic rings. The lowest BCUT2D eigenvalue weighted by molar-refractivity contribution is -0.128. The van der Waals surface area contributed by atoms with Crippen molar-refractivity contribution in [2.45, 2.75) is 26.7 Å². The number of rotatable bonds is 5. The van der Waals surface area contributed by atoms with E-state index in [4.69, 9.17) is 4.74 Å². The lowest BCUT2D eigenvalue weighted by atomic mass is 10.1. The zero-order valence-electron chi connectivity index (χ0n) is 11.1. The molecule has 0 saturated heterocycles. The van der Waals surface area contributed by atoms with Crippen molar-refractivity contribution in [1.82, 2.24) is 4.90 Å². The van der Waals surface area contributed by atoms with E-state index < -0.39 is 0 Å². The zero-order chi connectivity index (χ0) is 12.8. The van der Waals surface area contributed by atoms with E-state index in [1.807, 2.05) is 19.9 Å². The molecule has 1 aromatic carbocycles. The Morgan fingerprint density at radius 2 is 2.00 bits per heavy atom. The Morgan fingerprint density at radius 3 is 2.65 bits per heavy atom. The normalized spacial score (nSPS) is 10.1. The fourth-order valence-electron chi connectivity index (χ4n) is 1.49. The molecular formula is C14H21NO2. The van der Waals surface area contributed by atoms with Crippen molar-refractivity contribution in [3.8, 4) is 5.75 Å². The molecule has 0 aliphatic carbocycles. The maximum atomic E-state index is 11.3. The molecule has 1 aromatic rings. The summed E-state index contributed by atoms with van der Waals surface area (Å²) < 4.78 is 5.68. The van der Waals surface area contributed by atoms with Crippen LogP contribution in [-0.4, -0.2) is 31.5 Å². The Morgan fingerprint density at radius 1 is 1.29 bits per heavy atom. The van der Waals surface area contributed by atoms with Gasteiger partial charge in [0.1, 0.15) is 5.75 Å². The molecule has 1 amide bonds. The Kier molecular flexibility index (Phi) is 5.01. The topological polar surface area (TPSA) is 29.5 Å². The van der Waals surface area contributed by atoms with Gasteiger partial charge in [-0.3, -0.25) is 4.79 Å². The first-order valence-electron chi connectivity index (χ1n) is 5.91. The predicted molar refractivity (Wildman–Crippen MR) is 69.3 cm³/mol. The van der Waals surface area contributed by atoms with Crippen LogP contribution in [0.4, 0.5) is 0 Å². The minimum atomic E-state index is 0.148. The van der Waals surface area contributed by atoms with Gasteiger partial charge in [-0.15, -0.1) is 0 Å². The fourth-order valence-corrected chi connectivity index (χ4v) is 1.49. The van der Waals surface area contributed by atoms with Gasteiger partial charge in [0, 0.05) is 20.5 Å². The average Bonchev–Trinajstić information content (AvgIpc) is 2.28. The summed E-state index contributed by atoms with van der Waals surface area (Å²) in [4.78, 5) is 13.0. The molecule has 0 saturated carbocycles. The summed E-state index contributed by atoms with van der Waals surface area (Å²) in [5.41, 5.74) is 2.32. The Bertz CT molecular complexity index is 386. The minimum absolute atomic E-state index is 0.148. The molecule has 0 aliphatic heterocycles. The van der Waals surface area contributed by atoms with E-state index in [9.17, 15) is 4.79 Å². The summed E-state index contributed by atoms with van der Waals surface area (Å²) in [6.07, 6.45) is 1.29. The van der Waals surface area contributed by atoms with Gasteiger partial charge >= 0.3 is 0 Å². The molecular weight excluding hydrogens is 214 g/mol. The van der Waals surface area contributed by atoms with Gasteiger partial charge in [0.15, 0.2) is 0 Å². The van der Waals surface area contributed by atoms with Crippen LogP contribution in [0.25, 0.3) is 0 Å². The van der Waals surface area contributed by atoms with E-state index in [-0.39, 0.29) is 5.91 Å². The third kappa shape index (κ3) is 4.47. The van der Waals surface area contributed by atoms with Gasteiger partial charge in [-0.25, -0.2) is 0 Å². The molecule has 17 heavy (non-hydrogen) atoms. The molecule has 3 heteroatoms. The number of carbonyl (C=O) groups is 1. The minimum Gasteiger partial charge on any atom is -0.493 e. The molecule has 0 atom stereocenters. The number of nitrogens with zero attached hydrogens (tertiary/aromatic N) is 1. The van der Waals surface area contributed by atoms with Gasteiger partial charge < -0.3 is 9.64 Å². The summed E-state index contributed by atoms with van der Waals surface area (Å²) in [5.74, 6) is 1.07. The average molecular weight is 235 g/mol. The van der Waals surface area contributed by atoms with Crippen LogP contribution in [0, 0.1) is 13.8 Å². The van der Waals surface area contributed by atoms with Crippen molar-refractivity contribution in [3.63, 3.8) is 0 Å². The smallest absolute Gasteiger partial charge is 0.222 e. The van der Waals surface area contributed by atoms with Crippen molar-refractivity contribution < 1.29 is 9.53 Å². The molecule has 0 N–H and O–H groups in total. The van der Waals surface area contributed by atoms with Crippen molar-refractivity contribution >= 4 is 5.91 Å². The second kappa shape index (κ2) is 6.28. The van der Waals surface area contributed by atoms with Gasteiger partial charge in [-0.1, -0.05) is 12.1 Å². The van der Waals surface area contributed by atoms with Crippen LogP contribution in [0.3, 0.4) is 0 Å². The number of aryl methyl sites for hydroxylation is 2. The molecule has 3 nitrogen and oxygen atoms in total. The van der Waals surface area contributed by atoms with Crippen molar-refractivity contribution in [3.05, 3.63) is 29.3 Å². The van der Waals surface area contributed by atoms with Crippen LogP contribution in [0.5, 0.6) is 5.75 Å². The largest absolute Gasteiger partial charge is 0.493 e. The van der Waals surface area contributed by atoms with E-state index in [1.54, 1.807) is 19.0 Å². The van der Waals surface area contributed by atoms with Gasteiger partial charge in [0.2, 0.25) is 5.91 Å². The highest BCUT2D eigenvalue weighted by atomic mass is 16.5. The van der Waals surface area contributed by atoms with Crippen molar-refractivity contribution in [1.29, 1.82) is 0 Å². The zero-order valence-corrected chi connectivity index (χ0v) is 11.1. The van der Waals surface area contributed by atoms with Crippen molar-refractivity contribution in [2.75, 3.05) is 20.7 Å². The Labute approximate surface area is 103 Å². The monoisotopic (exact) mass is 235 g/mol. The predicted octanol–water partition coefficient (Wildman–Crippen LogP) is 2.55. The van der Waals surface area contributed by atoms with E-state index >= 15 is 0 Å². The van der Waals surface area contributed by atoms with Crippen LogP contribution >= 0.6 is 0 Å². The standard InChI is InChI=1S/C14H21NO2/c1-11-7-8-12(2)13(10-11)17-9-5-6-14(16)15(3)4/h7-8,10H,5-6,9H2,1-4H3. The van der Waals surface area contributed by atoms with Crippen LogP contribution in [0.1, 0.15) is 24.0 Å². The second-order valence-electron chi connectivity index (χ2n) is 4.51. The molecule has 0 unspecified atom stereocenters. The summed E-state index contributed by atoms with van der Waals surface area (Å²) in [7, 11) is 3.54. The van der Waals surface area contributed by atoms with Gasteiger partial charge in [0.05, 0.1) is 6.61 Å². The highest BCUT2D eigenvalue weighted by Crippen LogP contribution is 2.19. The molecule has 94 valence electrons. The Balaban J connectivity index is 2.36. The first-order chi connectivity index (χ1) is 8.00. The molecule has 0 spiro atoms. The van der Waals surface area contributed by atoms with E-state index in [0.29, 0.717) is 13.0 Å². The van der Waals surface area contributed by atoms with E-state index in [0.717, 1.165) is 17.7 Å². The van der Waals surface area contributed by atoms with E-state index in [2.05, 4.69) is 12.1 Å². The first kappa shape index (κ1) is 13.6. The molecule has 1 rings (SSSR count). The number of amides is 1. The maximum absolute atomic E-state index is 11.3. The molecule has 0 radical (unpaired) electrons. The van der Waals surface area contributed by atoms with Gasteiger partial charge in [-0.05, 0) is 37.5 Å². The number of ether oxygens (including phenoxy) is 1. The highest BCUT2D eigenvalue weighted by Gasteiger charge is 2.04. The van der Waals surface area contributed by atoms with Gasteiger partial charge in [0.25, 0.3) is 0 Å². The number of hydrogen-bond acceptors (Lipinski definition) is 2. The first-order valence-corrected chi connectivity index (χ1v) is 5.91. The molecule has 0 bridgehead atoms.